The summed E-state index contributed by atoms with van der Waals surface area (Å²) in [5.41, 5.74) is 2.07. The van der Waals surface area contributed by atoms with Crippen LogP contribution in [0.15, 0.2) is 64.8 Å². The summed E-state index contributed by atoms with van der Waals surface area (Å²) in [5, 5.41) is 3.93. The molecule has 1 amide bonds. The van der Waals surface area contributed by atoms with E-state index in [4.69, 9.17) is 11.6 Å². The number of hydrogen-bond acceptors (Lipinski definition) is 5. The van der Waals surface area contributed by atoms with Crippen LogP contribution < -0.4 is 10.9 Å². The molecule has 0 fully saturated rings. The number of aromatic nitrogens is 3. The second-order valence-electron chi connectivity index (χ2n) is 5.78. The van der Waals surface area contributed by atoms with Crippen molar-refractivity contribution >= 4 is 29.3 Å². The molecule has 0 aliphatic heterocycles. The van der Waals surface area contributed by atoms with Crippen molar-refractivity contribution in [2.24, 2.45) is 0 Å². The quantitative estimate of drug-likeness (QED) is 0.470. The topological polar surface area (TPSA) is 87.7 Å². The molecule has 0 aliphatic rings. The van der Waals surface area contributed by atoms with E-state index in [0.29, 0.717) is 28.2 Å². The van der Waals surface area contributed by atoms with Crippen molar-refractivity contribution < 1.29 is 4.79 Å². The largest absolute Gasteiger partial charge is 0.352 e. The maximum absolute atomic E-state index is 12.1. The van der Waals surface area contributed by atoms with E-state index in [9.17, 15) is 9.59 Å². The summed E-state index contributed by atoms with van der Waals surface area (Å²) < 4.78 is 0. The molecule has 6 nitrogen and oxygen atoms in total. The number of nitrogens with zero attached hydrogens (tertiary/aromatic N) is 2. The Labute approximate surface area is 165 Å². The van der Waals surface area contributed by atoms with E-state index in [1.165, 1.54) is 17.8 Å². The standard InChI is InChI=1S/C19H17ClN4O2S/c20-15-5-1-3-13(7-15)12-27-19-23-16(9-18(26)24-19)8-17(25)22-11-14-4-2-6-21-10-14/h1-7,9-10H,8,11-12H2,(H,22,25)(H,23,24,26). The first-order valence-corrected chi connectivity index (χ1v) is 9.58. The van der Waals surface area contributed by atoms with E-state index in [2.05, 4.69) is 20.3 Å². The number of hydrogen-bond donors (Lipinski definition) is 2. The molecular formula is C19H17ClN4O2S. The zero-order chi connectivity index (χ0) is 19.1. The molecule has 0 saturated heterocycles. The first-order valence-electron chi connectivity index (χ1n) is 8.21. The number of carbonyl (C=O) groups excluding carboxylic acids is 1. The van der Waals surface area contributed by atoms with Gasteiger partial charge in [0.2, 0.25) is 5.91 Å². The smallest absolute Gasteiger partial charge is 0.251 e. The van der Waals surface area contributed by atoms with Crippen LogP contribution in [0.4, 0.5) is 0 Å². The lowest BCUT2D eigenvalue weighted by atomic mass is 10.2. The number of amides is 1. The van der Waals surface area contributed by atoms with Crippen molar-refractivity contribution in [2.75, 3.05) is 0 Å². The molecule has 3 rings (SSSR count). The fourth-order valence-electron chi connectivity index (χ4n) is 2.35. The van der Waals surface area contributed by atoms with Gasteiger partial charge in [-0.1, -0.05) is 41.6 Å². The van der Waals surface area contributed by atoms with Crippen LogP contribution in [0.1, 0.15) is 16.8 Å². The van der Waals surface area contributed by atoms with Crippen molar-refractivity contribution in [3.05, 3.63) is 87.1 Å². The van der Waals surface area contributed by atoms with Crippen LogP contribution in [0.2, 0.25) is 5.02 Å². The molecule has 138 valence electrons. The van der Waals surface area contributed by atoms with Gasteiger partial charge in [-0.05, 0) is 29.3 Å². The fourth-order valence-corrected chi connectivity index (χ4v) is 3.40. The molecule has 0 saturated carbocycles. The maximum Gasteiger partial charge on any atom is 0.251 e. The highest BCUT2D eigenvalue weighted by molar-refractivity contribution is 7.98. The van der Waals surface area contributed by atoms with Crippen molar-refractivity contribution in [3.8, 4) is 0 Å². The Balaban J connectivity index is 1.59. The highest BCUT2D eigenvalue weighted by atomic mass is 35.5. The van der Waals surface area contributed by atoms with Gasteiger partial charge in [-0.25, -0.2) is 4.98 Å². The third-order valence-electron chi connectivity index (χ3n) is 3.59. The number of aromatic amines is 1. The monoisotopic (exact) mass is 400 g/mol. The van der Waals surface area contributed by atoms with Crippen molar-refractivity contribution in [3.63, 3.8) is 0 Å². The third-order valence-corrected chi connectivity index (χ3v) is 4.77. The lowest BCUT2D eigenvalue weighted by molar-refractivity contribution is -0.120. The van der Waals surface area contributed by atoms with Gasteiger partial charge in [-0.15, -0.1) is 0 Å². The Morgan fingerprint density at radius 2 is 2.04 bits per heavy atom. The molecule has 0 spiro atoms. The van der Waals surface area contributed by atoms with Crippen molar-refractivity contribution in [1.29, 1.82) is 0 Å². The average molecular weight is 401 g/mol. The van der Waals surface area contributed by atoms with Crippen LogP contribution in [-0.4, -0.2) is 20.9 Å². The Bertz CT molecular complexity index is 979. The highest BCUT2D eigenvalue weighted by Gasteiger charge is 2.08. The summed E-state index contributed by atoms with van der Waals surface area (Å²) >= 11 is 7.36. The summed E-state index contributed by atoms with van der Waals surface area (Å²) in [6.45, 7) is 0.381. The molecule has 0 atom stereocenters. The lowest BCUT2D eigenvalue weighted by Gasteiger charge is -2.06. The molecule has 0 bridgehead atoms. The van der Waals surface area contributed by atoms with Gasteiger partial charge in [0.15, 0.2) is 5.16 Å². The van der Waals surface area contributed by atoms with Crippen LogP contribution >= 0.6 is 23.4 Å². The van der Waals surface area contributed by atoms with E-state index in [1.54, 1.807) is 18.5 Å². The number of benzene rings is 1. The Morgan fingerprint density at radius 1 is 1.19 bits per heavy atom. The molecular weight excluding hydrogens is 384 g/mol. The molecule has 2 aromatic heterocycles. The molecule has 1 aromatic carbocycles. The van der Waals surface area contributed by atoms with E-state index in [-0.39, 0.29) is 17.9 Å². The normalized spacial score (nSPS) is 10.6. The summed E-state index contributed by atoms with van der Waals surface area (Å²) in [5.74, 6) is 0.405. The summed E-state index contributed by atoms with van der Waals surface area (Å²) in [4.78, 5) is 35.0. The first kappa shape index (κ1) is 19.1. The van der Waals surface area contributed by atoms with Gasteiger partial charge in [-0.2, -0.15) is 0 Å². The average Bonchev–Trinajstić information content (AvgIpc) is 2.65. The minimum absolute atomic E-state index is 0.0366. The van der Waals surface area contributed by atoms with Crippen molar-refractivity contribution in [2.45, 2.75) is 23.9 Å². The number of H-pyrrole nitrogens is 1. The van der Waals surface area contributed by atoms with Gasteiger partial charge in [0.1, 0.15) is 0 Å². The second kappa shape index (κ2) is 9.34. The number of rotatable bonds is 7. The van der Waals surface area contributed by atoms with Gasteiger partial charge < -0.3 is 10.3 Å². The Kier molecular flexibility index (Phi) is 6.62. The molecule has 2 heterocycles. The van der Waals surface area contributed by atoms with Gasteiger partial charge in [0.05, 0.1) is 12.1 Å². The molecule has 0 radical (unpaired) electrons. The van der Waals surface area contributed by atoms with Crippen LogP contribution in [0.3, 0.4) is 0 Å². The van der Waals surface area contributed by atoms with E-state index in [0.717, 1.165) is 11.1 Å². The number of nitrogens with one attached hydrogen (secondary N) is 2. The Hall–Kier alpha value is -2.64. The zero-order valence-electron chi connectivity index (χ0n) is 14.3. The van der Waals surface area contributed by atoms with Crippen LogP contribution in [0.25, 0.3) is 0 Å². The molecule has 2 N–H and O–H groups in total. The predicted molar refractivity (Wildman–Crippen MR) is 106 cm³/mol. The second-order valence-corrected chi connectivity index (χ2v) is 7.18. The van der Waals surface area contributed by atoms with E-state index >= 15 is 0 Å². The fraction of sp³-hybridized carbons (Fsp3) is 0.158. The Morgan fingerprint density at radius 3 is 2.81 bits per heavy atom. The van der Waals surface area contributed by atoms with Gasteiger partial charge >= 0.3 is 0 Å². The molecule has 0 aliphatic carbocycles. The predicted octanol–water partition coefficient (Wildman–Crippen LogP) is 2.97. The number of thioether (sulfide) groups is 1. The number of carbonyl (C=O) groups is 1. The molecule has 0 unspecified atom stereocenters. The minimum Gasteiger partial charge on any atom is -0.352 e. The highest BCUT2D eigenvalue weighted by Crippen LogP contribution is 2.20. The zero-order valence-corrected chi connectivity index (χ0v) is 15.9. The number of pyridine rings is 1. The maximum atomic E-state index is 12.1. The van der Waals surface area contributed by atoms with Crippen LogP contribution in [0.5, 0.6) is 0 Å². The van der Waals surface area contributed by atoms with Crippen molar-refractivity contribution in [1.82, 2.24) is 20.3 Å². The van der Waals surface area contributed by atoms with Crippen LogP contribution in [-0.2, 0) is 23.5 Å². The number of halogens is 1. The van der Waals surface area contributed by atoms with Gasteiger partial charge in [0.25, 0.3) is 5.56 Å². The van der Waals surface area contributed by atoms with E-state index in [1.807, 2.05) is 30.3 Å². The summed E-state index contributed by atoms with van der Waals surface area (Å²) in [6, 6.07) is 12.5. The summed E-state index contributed by atoms with van der Waals surface area (Å²) in [7, 11) is 0. The molecule has 3 aromatic rings. The van der Waals surface area contributed by atoms with E-state index < -0.39 is 0 Å². The first-order chi connectivity index (χ1) is 13.1. The SMILES string of the molecule is O=C(Cc1cc(=O)[nH]c(SCc2cccc(Cl)c2)n1)NCc1cccnc1. The lowest BCUT2D eigenvalue weighted by Crippen LogP contribution is -2.25. The third kappa shape index (κ3) is 6.23. The minimum atomic E-state index is -0.284. The molecule has 8 heteroatoms. The van der Waals surface area contributed by atoms with Gasteiger partial charge in [0, 0.05) is 35.8 Å². The summed E-state index contributed by atoms with van der Waals surface area (Å²) in [6.07, 6.45) is 3.40. The van der Waals surface area contributed by atoms with Crippen LogP contribution in [0, 0.1) is 0 Å². The molecule has 27 heavy (non-hydrogen) atoms. The van der Waals surface area contributed by atoms with Gasteiger partial charge in [-0.3, -0.25) is 14.6 Å².